The van der Waals surface area contributed by atoms with Crippen molar-refractivity contribution >= 4 is 5.57 Å². The third-order valence-electron chi connectivity index (χ3n) is 3.02. The summed E-state index contributed by atoms with van der Waals surface area (Å²) in [5.74, 6) is 1.32. The molecule has 96 valence electrons. The second-order valence-corrected chi connectivity index (χ2v) is 4.29. The molecular weight excluding hydrogens is 240 g/mol. The van der Waals surface area contributed by atoms with Crippen molar-refractivity contribution in [1.29, 1.82) is 0 Å². The third-order valence-corrected chi connectivity index (χ3v) is 3.02. The zero-order valence-corrected chi connectivity index (χ0v) is 10.4. The van der Waals surface area contributed by atoms with E-state index in [2.05, 4.69) is 22.6 Å². The van der Waals surface area contributed by atoms with Crippen LogP contribution in [0.15, 0.2) is 66.9 Å². The summed E-state index contributed by atoms with van der Waals surface area (Å²) < 4.78 is 11.2. The monoisotopic (exact) mass is 254 g/mol. The van der Waals surface area contributed by atoms with Gasteiger partial charge in [-0.3, -0.25) is 0 Å². The van der Waals surface area contributed by atoms with Crippen molar-refractivity contribution in [2.75, 3.05) is 0 Å². The van der Waals surface area contributed by atoms with Crippen molar-refractivity contribution in [3.05, 3.63) is 72.6 Å². The van der Waals surface area contributed by atoms with E-state index in [0.717, 1.165) is 29.9 Å². The zero-order valence-electron chi connectivity index (χ0n) is 10.4. The van der Waals surface area contributed by atoms with Gasteiger partial charge < -0.3 is 14.5 Å². The maximum Gasteiger partial charge on any atom is 0.170 e. The average Bonchev–Trinajstić information content (AvgIpc) is 3.02. The zero-order chi connectivity index (χ0) is 13.1. The Kier molecular flexibility index (Phi) is 3.06. The number of aromatic amines is 1. The van der Waals surface area contributed by atoms with Gasteiger partial charge in [0.05, 0.1) is 12.0 Å². The predicted octanol–water partition coefficient (Wildman–Crippen LogP) is 3.43. The largest absolute Gasteiger partial charge is 0.458 e. The van der Waals surface area contributed by atoms with Gasteiger partial charge in [0, 0.05) is 11.8 Å². The summed E-state index contributed by atoms with van der Waals surface area (Å²) in [7, 11) is 0. The van der Waals surface area contributed by atoms with Crippen LogP contribution in [-0.2, 0) is 9.47 Å². The van der Waals surface area contributed by atoms with Gasteiger partial charge in [-0.2, -0.15) is 0 Å². The van der Waals surface area contributed by atoms with E-state index in [0.29, 0.717) is 11.3 Å². The molecule has 2 aliphatic rings. The number of imidazole rings is 1. The molecule has 0 fully saturated rings. The lowest BCUT2D eigenvalue weighted by Gasteiger charge is -2.18. The quantitative estimate of drug-likeness (QED) is 0.898. The molecule has 0 amide bonds. The van der Waals surface area contributed by atoms with Crippen LogP contribution in [0.4, 0.5) is 0 Å². The molecule has 0 saturated carbocycles. The van der Waals surface area contributed by atoms with E-state index in [4.69, 9.17) is 9.47 Å². The van der Waals surface area contributed by atoms with Crippen LogP contribution in [0, 0.1) is 0 Å². The molecule has 1 N–H and O–H groups in total. The summed E-state index contributed by atoms with van der Waals surface area (Å²) in [4.78, 5) is 7.01. The van der Waals surface area contributed by atoms with Crippen molar-refractivity contribution in [3.63, 3.8) is 0 Å². The Morgan fingerprint density at radius 2 is 2.26 bits per heavy atom. The Balaban J connectivity index is 1.71. The van der Waals surface area contributed by atoms with Gasteiger partial charge in [0.1, 0.15) is 12.5 Å². The lowest BCUT2D eigenvalue weighted by atomic mass is 10.0. The molecule has 0 radical (unpaired) electrons. The fraction of sp³-hybridized carbons (Fsp3) is 0.133. The van der Waals surface area contributed by atoms with Gasteiger partial charge in [-0.15, -0.1) is 0 Å². The third kappa shape index (κ3) is 2.38. The molecule has 4 heteroatoms. The molecule has 19 heavy (non-hydrogen) atoms. The number of nitrogens with one attached hydrogen (secondary N) is 1. The molecular formula is C15H14N2O2. The average molecular weight is 254 g/mol. The van der Waals surface area contributed by atoms with E-state index in [1.54, 1.807) is 25.0 Å². The number of allylic oxidation sites excluding steroid dienone is 5. The van der Waals surface area contributed by atoms with Crippen LogP contribution in [-0.4, -0.2) is 9.97 Å². The molecule has 1 aromatic rings. The number of ether oxygens (including phenoxy) is 2. The Labute approximate surface area is 111 Å². The summed E-state index contributed by atoms with van der Waals surface area (Å²) in [5.41, 5.74) is 2.57. The molecule has 1 aliphatic carbocycles. The SMILES string of the molecule is C=C(C1=COC(C2=CC=CCC2)=CO1)c1c[nH]cn1. The van der Waals surface area contributed by atoms with Gasteiger partial charge in [0.25, 0.3) is 0 Å². The van der Waals surface area contributed by atoms with Gasteiger partial charge in [0.15, 0.2) is 11.5 Å². The van der Waals surface area contributed by atoms with Gasteiger partial charge >= 0.3 is 0 Å². The first-order valence-corrected chi connectivity index (χ1v) is 6.13. The van der Waals surface area contributed by atoms with E-state index in [1.807, 2.05) is 12.2 Å². The maximum absolute atomic E-state index is 5.62. The van der Waals surface area contributed by atoms with Crippen LogP contribution in [0.25, 0.3) is 5.57 Å². The molecule has 0 aromatic carbocycles. The topological polar surface area (TPSA) is 47.1 Å². The summed E-state index contributed by atoms with van der Waals surface area (Å²) >= 11 is 0. The first-order valence-electron chi connectivity index (χ1n) is 6.13. The molecule has 0 bridgehead atoms. The van der Waals surface area contributed by atoms with Gasteiger partial charge in [0.2, 0.25) is 0 Å². The highest BCUT2D eigenvalue weighted by molar-refractivity contribution is 5.72. The number of H-pyrrole nitrogens is 1. The minimum absolute atomic E-state index is 0.572. The number of hydrogen-bond donors (Lipinski definition) is 1. The van der Waals surface area contributed by atoms with Crippen molar-refractivity contribution in [2.45, 2.75) is 12.8 Å². The smallest absolute Gasteiger partial charge is 0.170 e. The van der Waals surface area contributed by atoms with Crippen molar-refractivity contribution in [2.24, 2.45) is 0 Å². The molecule has 3 rings (SSSR count). The maximum atomic E-state index is 5.62. The molecule has 2 heterocycles. The second-order valence-electron chi connectivity index (χ2n) is 4.29. The highest BCUT2D eigenvalue weighted by Crippen LogP contribution is 2.29. The summed E-state index contributed by atoms with van der Waals surface area (Å²) in [6.07, 6.45) is 14.8. The minimum Gasteiger partial charge on any atom is -0.458 e. The van der Waals surface area contributed by atoms with Crippen LogP contribution in [0.1, 0.15) is 18.5 Å². The number of aromatic nitrogens is 2. The lowest BCUT2D eigenvalue weighted by molar-refractivity contribution is 0.246. The summed E-state index contributed by atoms with van der Waals surface area (Å²) in [5, 5.41) is 0. The molecule has 0 saturated heterocycles. The Bertz CT molecular complexity index is 604. The fourth-order valence-corrected chi connectivity index (χ4v) is 1.94. The molecule has 4 nitrogen and oxygen atoms in total. The van der Waals surface area contributed by atoms with Gasteiger partial charge in [-0.05, 0) is 18.4 Å². The van der Waals surface area contributed by atoms with Crippen LogP contribution >= 0.6 is 0 Å². The summed E-state index contributed by atoms with van der Waals surface area (Å²) in [6, 6.07) is 0. The molecule has 0 spiro atoms. The van der Waals surface area contributed by atoms with E-state index in [-0.39, 0.29) is 0 Å². The molecule has 0 unspecified atom stereocenters. The Hall–Kier alpha value is -2.49. The summed E-state index contributed by atoms with van der Waals surface area (Å²) in [6.45, 7) is 3.95. The van der Waals surface area contributed by atoms with Crippen LogP contribution in [0.5, 0.6) is 0 Å². The van der Waals surface area contributed by atoms with Crippen molar-refractivity contribution in [1.82, 2.24) is 9.97 Å². The highest BCUT2D eigenvalue weighted by atomic mass is 16.5. The fourth-order valence-electron chi connectivity index (χ4n) is 1.94. The van der Waals surface area contributed by atoms with E-state index in [1.165, 1.54) is 0 Å². The van der Waals surface area contributed by atoms with Crippen molar-refractivity contribution in [3.8, 4) is 0 Å². The highest BCUT2D eigenvalue weighted by Gasteiger charge is 2.16. The minimum atomic E-state index is 0.572. The number of hydrogen-bond acceptors (Lipinski definition) is 3. The first-order chi connectivity index (χ1) is 9.34. The van der Waals surface area contributed by atoms with E-state index >= 15 is 0 Å². The number of rotatable bonds is 3. The lowest BCUT2D eigenvalue weighted by Crippen LogP contribution is -2.03. The van der Waals surface area contributed by atoms with E-state index < -0.39 is 0 Å². The number of nitrogens with zero attached hydrogens (tertiary/aromatic N) is 1. The van der Waals surface area contributed by atoms with Crippen LogP contribution in [0.2, 0.25) is 0 Å². The van der Waals surface area contributed by atoms with Crippen LogP contribution < -0.4 is 0 Å². The normalized spacial score (nSPS) is 17.8. The van der Waals surface area contributed by atoms with Gasteiger partial charge in [-0.1, -0.05) is 24.8 Å². The van der Waals surface area contributed by atoms with Gasteiger partial charge in [-0.25, -0.2) is 4.98 Å². The van der Waals surface area contributed by atoms with Crippen molar-refractivity contribution < 1.29 is 9.47 Å². The Morgan fingerprint density at radius 3 is 2.89 bits per heavy atom. The standard InChI is InChI=1S/C15H14N2O2/c1-11(13-7-16-10-17-13)14-8-19-15(9-18-14)12-5-3-2-4-6-12/h2-3,5,7-10H,1,4,6H2,(H,16,17). The molecule has 1 aliphatic heterocycles. The first kappa shape index (κ1) is 11.6. The van der Waals surface area contributed by atoms with E-state index in [9.17, 15) is 0 Å². The van der Waals surface area contributed by atoms with Crippen LogP contribution in [0.3, 0.4) is 0 Å². The second kappa shape index (κ2) is 5.02. The predicted molar refractivity (Wildman–Crippen MR) is 72.4 cm³/mol. The molecule has 0 atom stereocenters. The molecule has 1 aromatic heterocycles. The Morgan fingerprint density at radius 1 is 1.32 bits per heavy atom.